The second kappa shape index (κ2) is 7.98. The lowest BCUT2D eigenvalue weighted by atomic mass is 10.2. The third-order valence-corrected chi connectivity index (χ3v) is 1.40. The number of carbonyl (C=O) groups is 2. The number of carboxylic acids is 1. The quantitative estimate of drug-likeness (QED) is 0.360. The summed E-state index contributed by atoms with van der Waals surface area (Å²) in [5, 5.41) is 8.26. The molecule has 0 aliphatic heterocycles. The van der Waals surface area contributed by atoms with E-state index in [0.717, 1.165) is 25.5 Å². The Hall–Kier alpha value is -1.12. The number of carboxylic acid groups (broad SMARTS) is 1. The van der Waals surface area contributed by atoms with E-state index in [0.29, 0.717) is 6.42 Å². The molecule has 0 atom stereocenters. The lowest BCUT2D eigenvalue weighted by molar-refractivity contribution is -0.136. The second-order valence-electron chi connectivity index (χ2n) is 2.52. The molecule has 0 unspecified atom stereocenters. The molecule has 0 aliphatic rings. The summed E-state index contributed by atoms with van der Waals surface area (Å²) in [6.07, 6.45) is 7.79. The molecule has 0 aromatic carbocycles. The topological polar surface area (TPSA) is 54.4 Å². The van der Waals surface area contributed by atoms with Gasteiger partial charge in [-0.15, -0.1) is 0 Å². The average Bonchev–Trinajstić information content (AvgIpc) is 2.02. The van der Waals surface area contributed by atoms with Crippen LogP contribution in [0.4, 0.5) is 0 Å². The predicted molar refractivity (Wildman–Crippen MR) is 45.9 cm³/mol. The molecule has 0 aliphatic carbocycles. The van der Waals surface area contributed by atoms with Crippen molar-refractivity contribution in [2.24, 2.45) is 0 Å². The molecule has 12 heavy (non-hydrogen) atoms. The number of carbonyl (C=O) groups excluding carboxylic acids is 1. The van der Waals surface area contributed by atoms with Crippen molar-refractivity contribution in [3.63, 3.8) is 0 Å². The van der Waals surface area contributed by atoms with Crippen molar-refractivity contribution in [3.8, 4) is 0 Å². The lowest BCUT2D eigenvalue weighted by Gasteiger charge is -1.90. The van der Waals surface area contributed by atoms with E-state index in [9.17, 15) is 9.59 Å². The number of hydrogen-bond acceptors (Lipinski definition) is 2. The maximum Gasteiger partial charge on any atom is 0.307 e. The normalized spacial score (nSPS) is 10.3. The van der Waals surface area contributed by atoms with Gasteiger partial charge >= 0.3 is 5.97 Å². The van der Waals surface area contributed by atoms with Crippen LogP contribution in [0.3, 0.4) is 0 Å². The highest BCUT2D eigenvalue weighted by molar-refractivity contribution is 5.68. The van der Waals surface area contributed by atoms with Crippen LogP contribution in [0, 0.1) is 0 Å². The van der Waals surface area contributed by atoms with Gasteiger partial charge in [0.25, 0.3) is 0 Å². The van der Waals surface area contributed by atoms with Gasteiger partial charge in [-0.3, -0.25) is 4.79 Å². The SMILES string of the molecule is O=CCCCCC=CCC(=O)O. The third-order valence-electron chi connectivity index (χ3n) is 1.40. The summed E-state index contributed by atoms with van der Waals surface area (Å²) in [6, 6.07) is 0. The van der Waals surface area contributed by atoms with E-state index in [1.807, 2.05) is 6.08 Å². The maximum absolute atomic E-state index is 10.0. The molecule has 0 radical (unpaired) electrons. The fourth-order valence-electron chi connectivity index (χ4n) is 0.792. The summed E-state index contributed by atoms with van der Waals surface area (Å²) in [5.74, 6) is -0.806. The molecule has 0 aromatic rings. The van der Waals surface area contributed by atoms with Crippen molar-refractivity contribution in [3.05, 3.63) is 12.2 Å². The van der Waals surface area contributed by atoms with Crippen molar-refractivity contribution < 1.29 is 14.7 Å². The van der Waals surface area contributed by atoms with Gasteiger partial charge in [0, 0.05) is 6.42 Å². The molecule has 0 saturated carbocycles. The van der Waals surface area contributed by atoms with E-state index in [-0.39, 0.29) is 6.42 Å². The minimum atomic E-state index is -0.806. The number of rotatable bonds is 7. The van der Waals surface area contributed by atoms with Gasteiger partial charge in [-0.1, -0.05) is 12.2 Å². The van der Waals surface area contributed by atoms with Gasteiger partial charge in [-0.2, -0.15) is 0 Å². The summed E-state index contributed by atoms with van der Waals surface area (Å²) in [7, 11) is 0. The standard InChI is InChI=1S/C9H14O3/c10-8-6-4-2-1-3-5-7-9(11)12/h3,5,8H,1-2,4,6-7H2,(H,11,12). The molecular formula is C9H14O3. The van der Waals surface area contributed by atoms with Crippen LogP contribution in [0.25, 0.3) is 0 Å². The predicted octanol–water partition coefficient (Wildman–Crippen LogP) is 1.78. The van der Waals surface area contributed by atoms with Crippen LogP contribution >= 0.6 is 0 Å². The molecule has 0 bridgehead atoms. The third kappa shape index (κ3) is 8.88. The van der Waals surface area contributed by atoms with Crippen LogP contribution in [0.2, 0.25) is 0 Å². The zero-order valence-electron chi connectivity index (χ0n) is 7.03. The van der Waals surface area contributed by atoms with Gasteiger partial charge in [0.15, 0.2) is 0 Å². The minimum absolute atomic E-state index is 0.0910. The van der Waals surface area contributed by atoms with E-state index in [2.05, 4.69) is 0 Å². The summed E-state index contributed by atoms with van der Waals surface area (Å²) >= 11 is 0. The summed E-state index contributed by atoms with van der Waals surface area (Å²) in [4.78, 5) is 19.9. The Morgan fingerprint density at radius 1 is 1.17 bits per heavy atom. The van der Waals surface area contributed by atoms with Crippen molar-refractivity contribution in [2.45, 2.75) is 32.1 Å². The van der Waals surface area contributed by atoms with E-state index >= 15 is 0 Å². The first-order valence-corrected chi connectivity index (χ1v) is 4.08. The largest absolute Gasteiger partial charge is 0.481 e. The van der Waals surface area contributed by atoms with Crippen LogP contribution in [0.5, 0.6) is 0 Å². The van der Waals surface area contributed by atoms with E-state index in [1.165, 1.54) is 0 Å². The van der Waals surface area contributed by atoms with Crippen LogP contribution in [-0.4, -0.2) is 17.4 Å². The highest BCUT2D eigenvalue weighted by atomic mass is 16.4. The van der Waals surface area contributed by atoms with E-state index in [1.54, 1.807) is 6.08 Å². The first-order chi connectivity index (χ1) is 5.77. The second-order valence-corrected chi connectivity index (χ2v) is 2.52. The highest BCUT2D eigenvalue weighted by Gasteiger charge is 1.88. The fraction of sp³-hybridized carbons (Fsp3) is 0.556. The molecule has 3 nitrogen and oxygen atoms in total. The Morgan fingerprint density at radius 3 is 2.42 bits per heavy atom. The molecule has 0 spiro atoms. The smallest absolute Gasteiger partial charge is 0.307 e. The summed E-state index contributed by atoms with van der Waals surface area (Å²) in [6.45, 7) is 0. The van der Waals surface area contributed by atoms with E-state index < -0.39 is 5.97 Å². The molecule has 0 rings (SSSR count). The van der Waals surface area contributed by atoms with Gasteiger partial charge in [-0.25, -0.2) is 0 Å². The van der Waals surface area contributed by atoms with Gasteiger partial charge in [-0.05, 0) is 19.3 Å². The van der Waals surface area contributed by atoms with Crippen molar-refractivity contribution in [1.82, 2.24) is 0 Å². The zero-order valence-corrected chi connectivity index (χ0v) is 7.03. The Bertz CT molecular complexity index is 161. The molecule has 0 heterocycles. The van der Waals surface area contributed by atoms with Gasteiger partial charge < -0.3 is 9.90 Å². The number of aldehydes is 1. The summed E-state index contributed by atoms with van der Waals surface area (Å²) < 4.78 is 0. The molecule has 1 N–H and O–H groups in total. The minimum Gasteiger partial charge on any atom is -0.481 e. The van der Waals surface area contributed by atoms with E-state index in [4.69, 9.17) is 5.11 Å². The van der Waals surface area contributed by atoms with Crippen LogP contribution < -0.4 is 0 Å². The molecule has 3 heteroatoms. The van der Waals surface area contributed by atoms with Crippen LogP contribution in [-0.2, 0) is 9.59 Å². The molecule has 0 saturated heterocycles. The number of hydrogen-bond donors (Lipinski definition) is 1. The summed E-state index contributed by atoms with van der Waals surface area (Å²) in [5.41, 5.74) is 0. The van der Waals surface area contributed by atoms with Gasteiger partial charge in [0.1, 0.15) is 6.29 Å². The Balaban J connectivity index is 3.13. The van der Waals surface area contributed by atoms with Crippen molar-refractivity contribution >= 4 is 12.3 Å². The molecule has 0 amide bonds. The number of allylic oxidation sites excluding steroid dienone is 1. The zero-order chi connectivity index (χ0) is 9.23. The molecular weight excluding hydrogens is 156 g/mol. The maximum atomic E-state index is 10.0. The monoisotopic (exact) mass is 170 g/mol. The van der Waals surface area contributed by atoms with Crippen LogP contribution in [0.15, 0.2) is 12.2 Å². The highest BCUT2D eigenvalue weighted by Crippen LogP contribution is 1.99. The number of unbranched alkanes of at least 4 members (excludes halogenated alkanes) is 3. The molecule has 0 aromatic heterocycles. The molecule has 68 valence electrons. The number of aliphatic carboxylic acids is 1. The first-order valence-electron chi connectivity index (χ1n) is 4.08. The van der Waals surface area contributed by atoms with Crippen LogP contribution in [0.1, 0.15) is 32.1 Å². The Morgan fingerprint density at radius 2 is 1.83 bits per heavy atom. The lowest BCUT2D eigenvalue weighted by Crippen LogP contribution is -1.89. The first kappa shape index (κ1) is 10.9. The Kier molecular flexibility index (Phi) is 7.24. The van der Waals surface area contributed by atoms with Gasteiger partial charge in [0.05, 0.1) is 6.42 Å². The van der Waals surface area contributed by atoms with Crippen molar-refractivity contribution in [1.29, 1.82) is 0 Å². The molecule has 0 fully saturated rings. The van der Waals surface area contributed by atoms with Crippen molar-refractivity contribution in [2.75, 3.05) is 0 Å². The average molecular weight is 170 g/mol. The Labute approximate surface area is 72.1 Å². The fourth-order valence-corrected chi connectivity index (χ4v) is 0.792. The van der Waals surface area contributed by atoms with Gasteiger partial charge in [0.2, 0.25) is 0 Å².